The van der Waals surface area contributed by atoms with Gasteiger partial charge in [-0.1, -0.05) is 17.7 Å². The van der Waals surface area contributed by atoms with Crippen molar-refractivity contribution >= 4 is 34.5 Å². The Kier molecular flexibility index (Phi) is 3.47. The van der Waals surface area contributed by atoms with Crippen LogP contribution in [-0.4, -0.2) is 0 Å². The zero-order valence-corrected chi connectivity index (χ0v) is 10.2. The zero-order valence-electron chi connectivity index (χ0n) is 7.88. The lowest BCUT2D eigenvalue weighted by Crippen LogP contribution is -1.95. The third-order valence-corrected chi connectivity index (χ3v) is 3.97. The summed E-state index contributed by atoms with van der Waals surface area (Å²) in [6.45, 7) is 0. The van der Waals surface area contributed by atoms with Gasteiger partial charge in [0.25, 0.3) is 0 Å². The Bertz CT molecular complexity index is 510. The Hall–Kier alpha value is -0.640. The Morgan fingerprint density at radius 3 is 2.44 bits per heavy atom. The Morgan fingerprint density at radius 2 is 1.88 bits per heavy atom. The molecule has 84 valence electrons. The Balaban J connectivity index is 2.37. The van der Waals surface area contributed by atoms with Crippen LogP contribution < -0.4 is 0 Å². The molecule has 0 amide bonds. The maximum atomic E-state index is 13.4. The average Bonchev–Trinajstić information content (AvgIpc) is 2.64. The lowest BCUT2D eigenvalue weighted by molar-refractivity contribution is 0.574. The average molecular weight is 279 g/mol. The van der Waals surface area contributed by atoms with Gasteiger partial charge in [0.15, 0.2) is 0 Å². The van der Waals surface area contributed by atoms with Crippen LogP contribution in [-0.2, 0) is 0 Å². The van der Waals surface area contributed by atoms with Crippen LogP contribution in [0.5, 0.6) is 0 Å². The van der Waals surface area contributed by atoms with Crippen molar-refractivity contribution in [3.05, 3.63) is 56.7 Å². The van der Waals surface area contributed by atoms with E-state index in [1.807, 2.05) is 0 Å². The normalized spacial score (nSPS) is 12.8. The van der Waals surface area contributed by atoms with Crippen LogP contribution >= 0.6 is 34.5 Å². The molecule has 0 N–H and O–H groups in total. The second kappa shape index (κ2) is 4.70. The zero-order chi connectivity index (χ0) is 11.7. The van der Waals surface area contributed by atoms with Crippen molar-refractivity contribution in [1.29, 1.82) is 0 Å². The predicted molar refractivity (Wildman–Crippen MR) is 63.4 cm³/mol. The lowest BCUT2D eigenvalue weighted by atomic mass is 10.1. The van der Waals surface area contributed by atoms with Gasteiger partial charge in [-0.3, -0.25) is 0 Å². The molecule has 0 aliphatic rings. The Labute approximate surface area is 105 Å². The van der Waals surface area contributed by atoms with Crippen LogP contribution in [0.3, 0.4) is 0 Å². The molecule has 16 heavy (non-hydrogen) atoms. The molecule has 0 bridgehead atoms. The fraction of sp³-hybridized carbons (Fsp3) is 0.0909. The molecular weight excluding hydrogens is 273 g/mol. The summed E-state index contributed by atoms with van der Waals surface area (Å²) >= 11 is 13.1. The van der Waals surface area contributed by atoms with Gasteiger partial charge >= 0.3 is 0 Å². The fourth-order valence-corrected chi connectivity index (χ4v) is 2.77. The van der Waals surface area contributed by atoms with Gasteiger partial charge in [-0.25, -0.2) is 8.78 Å². The molecule has 2 aromatic rings. The first-order chi connectivity index (χ1) is 7.58. The maximum absolute atomic E-state index is 13.4. The molecule has 5 heteroatoms. The predicted octanol–water partition coefficient (Wildman–Crippen LogP) is 5.01. The van der Waals surface area contributed by atoms with E-state index in [2.05, 4.69) is 0 Å². The first-order valence-corrected chi connectivity index (χ1v) is 6.05. The number of rotatable bonds is 2. The van der Waals surface area contributed by atoms with E-state index in [9.17, 15) is 8.78 Å². The highest BCUT2D eigenvalue weighted by Gasteiger charge is 2.17. The van der Waals surface area contributed by atoms with E-state index < -0.39 is 17.0 Å². The van der Waals surface area contributed by atoms with E-state index in [0.717, 1.165) is 10.9 Å². The van der Waals surface area contributed by atoms with Gasteiger partial charge in [0.1, 0.15) is 11.6 Å². The van der Waals surface area contributed by atoms with Crippen molar-refractivity contribution in [1.82, 2.24) is 0 Å². The van der Waals surface area contributed by atoms with Gasteiger partial charge in [-0.05, 0) is 18.2 Å². The standard InChI is InChI=1S/C11H6Cl2F2S/c12-10-4-3-9(16-10)11(13)7-2-1-6(14)5-8(7)15/h1-5,11H. The third kappa shape index (κ3) is 2.37. The molecule has 0 spiro atoms. The molecule has 2 rings (SSSR count). The summed E-state index contributed by atoms with van der Waals surface area (Å²) in [4.78, 5) is 0.733. The van der Waals surface area contributed by atoms with Crippen molar-refractivity contribution in [2.75, 3.05) is 0 Å². The molecule has 1 aromatic carbocycles. The first kappa shape index (κ1) is 11.8. The summed E-state index contributed by atoms with van der Waals surface area (Å²) in [7, 11) is 0. The molecule has 1 heterocycles. The van der Waals surface area contributed by atoms with Gasteiger partial charge in [-0.2, -0.15) is 0 Å². The molecule has 0 fully saturated rings. The van der Waals surface area contributed by atoms with E-state index in [0.29, 0.717) is 4.34 Å². The second-order valence-corrected chi connectivity index (χ2v) is 5.35. The van der Waals surface area contributed by atoms with Gasteiger partial charge in [0.05, 0.1) is 9.71 Å². The van der Waals surface area contributed by atoms with E-state index in [1.165, 1.54) is 23.5 Å². The van der Waals surface area contributed by atoms with Crippen molar-refractivity contribution in [3.8, 4) is 0 Å². The van der Waals surface area contributed by atoms with Gasteiger partial charge in [0.2, 0.25) is 0 Å². The molecule has 0 saturated carbocycles. The van der Waals surface area contributed by atoms with Crippen LogP contribution in [0.4, 0.5) is 8.78 Å². The van der Waals surface area contributed by atoms with Crippen molar-refractivity contribution in [2.45, 2.75) is 5.38 Å². The van der Waals surface area contributed by atoms with Crippen molar-refractivity contribution in [2.24, 2.45) is 0 Å². The van der Waals surface area contributed by atoms with E-state index in [-0.39, 0.29) is 5.56 Å². The monoisotopic (exact) mass is 278 g/mol. The molecule has 1 unspecified atom stereocenters. The largest absolute Gasteiger partial charge is 0.207 e. The summed E-state index contributed by atoms with van der Waals surface area (Å²) in [6, 6.07) is 6.77. The minimum atomic E-state index is -0.649. The summed E-state index contributed by atoms with van der Waals surface area (Å²) < 4.78 is 26.7. The van der Waals surface area contributed by atoms with E-state index in [4.69, 9.17) is 23.2 Å². The smallest absolute Gasteiger partial charge is 0.131 e. The van der Waals surface area contributed by atoms with Crippen LogP contribution in [0.25, 0.3) is 0 Å². The second-order valence-electron chi connectivity index (χ2n) is 3.17. The van der Waals surface area contributed by atoms with E-state index >= 15 is 0 Å². The number of hydrogen-bond donors (Lipinski definition) is 0. The van der Waals surface area contributed by atoms with Gasteiger partial charge < -0.3 is 0 Å². The topological polar surface area (TPSA) is 0 Å². The summed E-state index contributed by atoms with van der Waals surface area (Å²) in [5.41, 5.74) is 0.251. The highest BCUT2D eigenvalue weighted by molar-refractivity contribution is 7.16. The van der Waals surface area contributed by atoms with Crippen LogP contribution in [0, 0.1) is 11.6 Å². The van der Waals surface area contributed by atoms with Gasteiger partial charge in [-0.15, -0.1) is 22.9 Å². The minimum absolute atomic E-state index is 0.251. The van der Waals surface area contributed by atoms with Gasteiger partial charge in [0, 0.05) is 16.5 Å². The van der Waals surface area contributed by atoms with Crippen LogP contribution in [0.2, 0.25) is 4.34 Å². The van der Waals surface area contributed by atoms with E-state index in [1.54, 1.807) is 12.1 Å². The first-order valence-electron chi connectivity index (χ1n) is 4.42. The highest BCUT2D eigenvalue weighted by atomic mass is 35.5. The summed E-state index contributed by atoms with van der Waals surface area (Å²) in [6.07, 6.45) is 0. The lowest BCUT2D eigenvalue weighted by Gasteiger charge is -2.08. The number of alkyl halides is 1. The third-order valence-electron chi connectivity index (χ3n) is 2.08. The molecule has 0 aliphatic carbocycles. The number of benzene rings is 1. The maximum Gasteiger partial charge on any atom is 0.131 e. The fourth-order valence-electron chi connectivity index (χ4n) is 1.32. The minimum Gasteiger partial charge on any atom is -0.207 e. The van der Waals surface area contributed by atoms with Crippen LogP contribution in [0.1, 0.15) is 15.8 Å². The molecule has 0 saturated heterocycles. The molecule has 1 atom stereocenters. The summed E-state index contributed by atoms with van der Waals surface area (Å²) in [5.74, 6) is -1.26. The SMILES string of the molecule is Fc1ccc(C(Cl)c2ccc(Cl)s2)c(F)c1. The van der Waals surface area contributed by atoms with Crippen molar-refractivity contribution < 1.29 is 8.78 Å². The molecule has 0 aliphatic heterocycles. The quantitative estimate of drug-likeness (QED) is 0.678. The Morgan fingerprint density at radius 1 is 1.12 bits per heavy atom. The molecule has 0 nitrogen and oxygen atoms in total. The highest BCUT2D eigenvalue weighted by Crippen LogP contribution is 2.36. The number of thiophene rings is 1. The molecular formula is C11H6Cl2F2S. The van der Waals surface area contributed by atoms with Crippen LogP contribution in [0.15, 0.2) is 30.3 Å². The van der Waals surface area contributed by atoms with Crippen molar-refractivity contribution in [3.63, 3.8) is 0 Å². The number of hydrogen-bond acceptors (Lipinski definition) is 1. The molecule has 1 aromatic heterocycles. The number of halogens is 4. The molecule has 0 radical (unpaired) electrons. The summed E-state index contributed by atoms with van der Waals surface area (Å²) in [5, 5.41) is -0.641.